The number of carbonyl (C=O) groups is 2. The fourth-order valence-corrected chi connectivity index (χ4v) is 4.43. The summed E-state index contributed by atoms with van der Waals surface area (Å²) in [4.78, 5) is 29.2. The topological polar surface area (TPSA) is 149 Å². The minimum atomic E-state index is -0.955. The van der Waals surface area contributed by atoms with Crippen LogP contribution in [0.25, 0.3) is 11.1 Å². The van der Waals surface area contributed by atoms with Crippen LogP contribution in [0.1, 0.15) is 40.5 Å². The van der Waals surface area contributed by atoms with E-state index in [-0.39, 0.29) is 35.7 Å². The van der Waals surface area contributed by atoms with Gasteiger partial charge in [-0.1, -0.05) is 12.1 Å². The lowest BCUT2D eigenvalue weighted by Crippen LogP contribution is -2.81. The molecular formula is C29H26F3N6O2+. The zero-order valence-electron chi connectivity index (χ0n) is 21.3. The third-order valence-corrected chi connectivity index (χ3v) is 6.43. The number of primary amides is 1. The summed E-state index contributed by atoms with van der Waals surface area (Å²) in [6.45, 7) is -0.0898. The van der Waals surface area contributed by atoms with Crippen LogP contribution in [0.3, 0.4) is 0 Å². The normalized spacial score (nSPS) is 13.8. The lowest BCUT2D eigenvalue weighted by atomic mass is 9.94. The van der Waals surface area contributed by atoms with Gasteiger partial charge in [-0.15, -0.1) is 0 Å². The average Bonchev–Trinajstić information content (AvgIpc) is 3.75. The largest absolute Gasteiger partial charge is 0.366 e. The number of quaternary nitrogens is 1. The first kappa shape index (κ1) is 28.2. The van der Waals surface area contributed by atoms with Gasteiger partial charge in [0.15, 0.2) is 6.54 Å². The smallest absolute Gasteiger partial charge is 0.276 e. The van der Waals surface area contributed by atoms with Gasteiger partial charge in [0.2, 0.25) is 0 Å². The number of benzene rings is 2. The molecule has 40 heavy (non-hydrogen) atoms. The highest BCUT2D eigenvalue weighted by Gasteiger charge is 2.30. The molecule has 1 aromatic heterocycles. The van der Waals surface area contributed by atoms with Crippen LogP contribution in [-0.2, 0) is 11.2 Å². The number of amides is 2. The summed E-state index contributed by atoms with van der Waals surface area (Å²) < 4.78 is 42.1. The molecule has 1 atom stereocenters. The van der Waals surface area contributed by atoms with E-state index in [4.69, 9.17) is 16.4 Å². The summed E-state index contributed by atoms with van der Waals surface area (Å²) in [5.41, 5.74) is 6.87. The lowest BCUT2D eigenvalue weighted by molar-refractivity contribution is -0.576. The number of nitriles is 1. The number of hydrogen-bond donors (Lipinski definition) is 4. The molecule has 11 heteroatoms. The molecule has 1 fully saturated rings. The van der Waals surface area contributed by atoms with Crippen LogP contribution in [0.2, 0.25) is 0 Å². The molecule has 1 unspecified atom stereocenters. The van der Waals surface area contributed by atoms with E-state index in [0.29, 0.717) is 22.4 Å². The number of pyridine rings is 1. The van der Waals surface area contributed by atoms with Crippen LogP contribution in [0.15, 0.2) is 66.5 Å². The Morgan fingerprint density at radius 3 is 2.55 bits per heavy atom. The van der Waals surface area contributed by atoms with E-state index in [1.165, 1.54) is 18.3 Å². The highest BCUT2D eigenvalue weighted by Crippen LogP contribution is 2.36. The minimum Gasteiger partial charge on any atom is -0.366 e. The molecule has 204 valence electrons. The van der Waals surface area contributed by atoms with Gasteiger partial charge in [0.05, 0.1) is 23.5 Å². The predicted octanol–water partition coefficient (Wildman–Crippen LogP) is 3.07. The van der Waals surface area contributed by atoms with Crippen molar-refractivity contribution in [3.8, 4) is 17.2 Å². The molecule has 2 aromatic carbocycles. The molecule has 1 aliphatic rings. The van der Waals surface area contributed by atoms with Crippen molar-refractivity contribution in [1.29, 1.82) is 10.7 Å². The number of carbonyl (C=O) groups excluding carboxylic acids is 2. The van der Waals surface area contributed by atoms with Gasteiger partial charge in [-0.25, -0.2) is 13.2 Å². The van der Waals surface area contributed by atoms with Gasteiger partial charge in [0, 0.05) is 23.4 Å². The first-order valence-electron chi connectivity index (χ1n) is 12.5. The number of rotatable bonds is 11. The first-order chi connectivity index (χ1) is 19.2. The summed E-state index contributed by atoms with van der Waals surface area (Å²) >= 11 is 0. The Morgan fingerprint density at radius 2 is 1.90 bits per heavy atom. The second-order valence-corrected chi connectivity index (χ2v) is 9.42. The number of nitrogens with zero attached hydrogens (tertiary/aromatic N) is 2. The van der Waals surface area contributed by atoms with Crippen molar-refractivity contribution >= 4 is 17.5 Å². The van der Waals surface area contributed by atoms with E-state index in [1.54, 1.807) is 23.6 Å². The summed E-state index contributed by atoms with van der Waals surface area (Å²) in [7, 11) is 0. The Kier molecular flexibility index (Phi) is 8.71. The van der Waals surface area contributed by atoms with Crippen LogP contribution in [0.4, 0.5) is 13.2 Å². The van der Waals surface area contributed by atoms with Crippen LogP contribution >= 0.6 is 0 Å². The van der Waals surface area contributed by atoms with Gasteiger partial charge >= 0.3 is 0 Å². The van der Waals surface area contributed by atoms with Gasteiger partial charge in [-0.3, -0.25) is 20.0 Å². The molecule has 1 saturated carbocycles. The maximum absolute atomic E-state index is 14.1. The number of nitrogens with two attached hydrogens (primary N) is 2. The molecule has 2 amide bonds. The zero-order valence-corrected chi connectivity index (χ0v) is 21.3. The van der Waals surface area contributed by atoms with Crippen molar-refractivity contribution in [2.45, 2.75) is 25.3 Å². The van der Waals surface area contributed by atoms with E-state index >= 15 is 0 Å². The van der Waals surface area contributed by atoms with Gasteiger partial charge in [0.25, 0.3) is 11.8 Å². The number of allylic oxidation sites excluding steroid dienone is 1. The van der Waals surface area contributed by atoms with Gasteiger partial charge in [-0.05, 0) is 66.6 Å². The van der Waals surface area contributed by atoms with E-state index in [0.717, 1.165) is 37.1 Å². The van der Waals surface area contributed by atoms with Gasteiger partial charge in [-0.2, -0.15) is 5.26 Å². The SMILES string of the molecule is N#CC(=N)C(=C[NH2+]CC(=O)NC(Cc1cc(F)cc(F)c1)c1ncccc1-c1ccc(F)c(C(N)=O)c1)C1CC1. The molecule has 4 rings (SSSR count). The van der Waals surface area contributed by atoms with E-state index in [9.17, 15) is 22.8 Å². The summed E-state index contributed by atoms with van der Waals surface area (Å²) in [5.74, 6) is -3.61. The maximum Gasteiger partial charge on any atom is 0.276 e. The van der Waals surface area contributed by atoms with Crippen molar-refractivity contribution in [3.05, 3.63) is 101 Å². The average molecular weight is 548 g/mol. The minimum absolute atomic E-state index is 0.0312. The van der Waals surface area contributed by atoms with Crippen molar-refractivity contribution in [2.75, 3.05) is 6.54 Å². The number of aromatic nitrogens is 1. The van der Waals surface area contributed by atoms with Crippen molar-refractivity contribution in [3.63, 3.8) is 0 Å². The molecule has 3 aromatic rings. The monoisotopic (exact) mass is 547 g/mol. The molecule has 1 heterocycles. The van der Waals surface area contributed by atoms with E-state index in [2.05, 4.69) is 10.3 Å². The Hall–Kier alpha value is -4.82. The molecular weight excluding hydrogens is 521 g/mol. The Morgan fingerprint density at radius 1 is 1.18 bits per heavy atom. The van der Waals surface area contributed by atoms with Crippen molar-refractivity contribution in [1.82, 2.24) is 10.3 Å². The van der Waals surface area contributed by atoms with Crippen LogP contribution < -0.4 is 16.4 Å². The van der Waals surface area contributed by atoms with Crippen LogP contribution in [0.5, 0.6) is 0 Å². The quantitative estimate of drug-likeness (QED) is 0.273. The molecule has 0 spiro atoms. The number of halogens is 3. The Bertz CT molecular complexity index is 1520. The second-order valence-electron chi connectivity index (χ2n) is 9.42. The molecule has 8 nitrogen and oxygen atoms in total. The fraction of sp³-hybridized carbons (Fsp3) is 0.207. The highest BCUT2D eigenvalue weighted by molar-refractivity contribution is 6.09. The number of hydrogen-bond acceptors (Lipinski definition) is 5. The summed E-state index contributed by atoms with van der Waals surface area (Å²) in [5, 5.41) is 21.3. The van der Waals surface area contributed by atoms with Gasteiger partial charge < -0.3 is 16.4 Å². The first-order valence-corrected chi connectivity index (χ1v) is 12.5. The third kappa shape index (κ3) is 6.98. The summed E-state index contributed by atoms with van der Waals surface area (Å²) in [6.07, 6.45) is 4.82. The second kappa shape index (κ2) is 12.4. The molecule has 0 aliphatic heterocycles. The van der Waals surface area contributed by atoms with Crippen molar-refractivity contribution in [2.24, 2.45) is 11.7 Å². The fourth-order valence-electron chi connectivity index (χ4n) is 4.43. The third-order valence-electron chi connectivity index (χ3n) is 6.43. The lowest BCUT2D eigenvalue weighted by Gasteiger charge is -2.21. The predicted molar refractivity (Wildman–Crippen MR) is 140 cm³/mol. The molecule has 1 aliphatic carbocycles. The molecule has 6 N–H and O–H groups in total. The standard InChI is InChI=1S/C29H25F3N6O2/c30-19-8-16(9-20(31)12-19)10-26(38-27(39)15-36-14-23(17-3-4-17)25(34)13-33)28-21(2-1-7-37-28)18-5-6-24(32)22(11-18)29(35)40/h1-2,5-9,11-12,14,17,26,34,36H,3-4,10,15H2,(H2,35,40)(H,38,39)/p+1. The molecule has 0 radical (unpaired) electrons. The highest BCUT2D eigenvalue weighted by atomic mass is 19.1. The Balaban J connectivity index is 1.65. The Labute approximate surface area is 228 Å². The van der Waals surface area contributed by atoms with Gasteiger partial charge in [0.1, 0.15) is 29.2 Å². The van der Waals surface area contributed by atoms with E-state index < -0.39 is 35.3 Å². The van der Waals surface area contributed by atoms with Crippen molar-refractivity contribution < 1.29 is 28.1 Å². The zero-order chi connectivity index (χ0) is 28.8. The van der Waals surface area contributed by atoms with Crippen LogP contribution in [-0.4, -0.2) is 29.1 Å². The number of nitrogens with one attached hydrogen (secondary N) is 2. The van der Waals surface area contributed by atoms with E-state index in [1.807, 2.05) is 6.07 Å². The maximum atomic E-state index is 14.1. The molecule has 0 saturated heterocycles. The molecule has 0 bridgehead atoms. The summed E-state index contributed by atoms with van der Waals surface area (Å²) in [6, 6.07) is 11.1. The van der Waals surface area contributed by atoms with Crippen LogP contribution in [0, 0.1) is 40.1 Å².